The number of allylic oxidation sites excluding steroid dienone is 2. The number of hydrogen-bond donors (Lipinski definition) is 2. The molecule has 4 aliphatic rings. The summed E-state index contributed by atoms with van der Waals surface area (Å²) in [5.74, 6) is 0.329. The topological polar surface area (TPSA) is 66.8 Å². The lowest BCUT2D eigenvalue weighted by Gasteiger charge is -2.28. The summed E-state index contributed by atoms with van der Waals surface area (Å²) < 4.78 is 5.68. The molecule has 2 saturated carbocycles. The van der Waals surface area contributed by atoms with Gasteiger partial charge < -0.3 is 14.9 Å². The first-order chi connectivity index (χ1) is 13.6. The SMILES string of the molecule is O=C1CCC/C=C\C[C@@H]2[C@@H](/C=C/[C@@H](O)C3=CSC4CCCCC34)[C@H](O)C[C@@H]2O1. The van der Waals surface area contributed by atoms with Gasteiger partial charge >= 0.3 is 5.97 Å². The Bertz CT molecular complexity index is 655. The minimum atomic E-state index is -0.579. The van der Waals surface area contributed by atoms with Crippen molar-refractivity contribution in [3.8, 4) is 0 Å². The van der Waals surface area contributed by atoms with E-state index in [9.17, 15) is 15.0 Å². The molecular formula is C23H32O4S. The van der Waals surface area contributed by atoms with E-state index < -0.39 is 12.2 Å². The minimum absolute atomic E-state index is 0.0751. The van der Waals surface area contributed by atoms with Crippen molar-refractivity contribution in [3.63, 3.8) is 0 Å². The van der Waals surface area contributed by atoms with E-state index in [1.165, 1.54) is 25.7 Å². The summed E-state index contributed by atoms with van der Waals surface area (Å²) in [4.78, 5) is 12.0. The van der Waals surface area contributed by atoms with Gasteiger partial charge in [0.2, 0.25) is 0 Å². The number of rotatable bonds is 3. The molecule has 0 spiro atoms. The molecule has 7 atom stereocenters. The van der Waals surface area contributed by atoms with Crippen LogP contribution in [-0.2, 0) is 9.53 Å². The molecule has 0 amide bonds. The highest BCUT2D eigenvalue weighted by Crippen LogP contribution is 2.46. The second kappa shape index (κ2) is 9.19. The third-order valence-electron chi connectivity index (χ3n) is 6.87. The van der Waals surface area contributed by atoms with E-state index in [1.54, 1.807) is 0 Å². The second-order valence-corrected chi connectivity index (χ2v) is 9.80. The number of carbonyl (C=O) groups excluding carboxylic acids is 1. The number of fused-ring (bicyclic) bond motifs is 2. The average molecular weight is 405 g/mol. The molecule has 154 valence electrons. The van der Waals surface area contributed by atoms with Crippen LogP contribution in [0, 0.1) is 17.8 Å². The molecule has 0 aromatic heterocycles. The van der Waals surface area contributed by atoms with E-state index in [0.29, 0.717) is 24.0 Å². The van der Waals surface area contributed by atoms with Crippen molar-refractivity contribution in [3.05, 3.63) is 35.3 Å². The molecule has 0 bridgehead atoms. The largest absolute Gasteiger partial charge is 0.462 e. The fraction of sp³-hybridized carbons (Fsp3) is 0.696. The maximum atomic E-state index is 12.0. The monoisotopic (exact) mass is 404 g/mol. The Balaban J connectivity index is 1.45. The molecule has 2 unspecified atom stereocenters. The molecule has 0 aromatic rings. The van der Waals surface area contributed by atoms with Crippen LogP contribution in [-0.4, -0.2) is 39.7 Å². The van der Waals surface area contributed by atoms with Crippen molar-refractivity contribution >= 4 is 17.7 Å². The van der Waals surface area contributed by atoms with Crippen LogP contribution in [0.4, 0.5) is 0 Å². The maximum Gasteiger partial charge on any atom is 0.306 e. The zero-order valence-corrected chi connectivity index (χ0v) is 17.2. The quantitative estimate of drug-likeness (QED) is 0.547. The van der Waals surface area contributed by atoms with Crippen molar-refractivity contribution in [2.24, 2.45) is 17.8 Å². The third-order valence-corrected chi connectivity index (χ3v) is 8.19. The first-order valence-corrected chi connectivity index (χ1v) is 11.8. The lowest BCUT2D eigenvalue weighted by atomic mass is 9.81. The highest BCUT2D eigenvalue weighted by molar-refractivity contribution is 8.03. The second-order valence-electron chi connectivity index (χ2n) is 8.68. The fourth-order valence-electron chi connectivity index (χ4n) is 5.31. The molecule has 4 rings (SSSR count). The van der Waals surface area contributed by atoms with Gasteiger partial charge in [-0.05, 0) is 49.0 Å². The van der Waals surface area contributed by atoms with Gasteiger partial charge in [-0.1, -0.05) is 37.1 Å². The van der Waals surface area contributed by atoms with Gasteiger partial charge in [-0.15, -0.1) is 11.8 Å². The molecule has 4 nitrogen and oxygen atoms in total. The van der Waals surface area contributed by atoms with Crippen molar-refractivity contribution in [2.45, 2.75) is 81.3 Å². The molecule has 0 saturated heterocycles. The summed E-state index contributed by atoms with van der Waals surface area (Å²) in [6.07, 6.45) is 15.2. The Kier molecular flexibility index (Phi) is 6.64. The standard InChI is InChI=1S/C23H32O4S/c24-19(18-14-28-22-9-6-5-8-17(18)22)12-11-15-16-7-3-1-2-4-10-23(26)27-21(16)13-20(15)25/h1,3,11-12,14-17,19-22,24-25H,2,4-10,13H2/b3-1-,12-11+/t15-,16-,17?,19-,20-,21+,22?/m1/s1. The van der Waals surface area contributed by atoms with E-state index in [4.69, 9.17) is 4.74 Å². The van der Waals surface area contributed by atoms with E-state index in [1.807, 2.05) is 23.9 Å². The van der Waals surface area contributed by atoms with Gasteiger partial charge in [-0.25, -0.2) is 0 Å². The van der Waals surface area contributed by atoms with Gasteiger partial charge in [0.1, 0.15) is 6.10 Å². The third kappa shape index (κ3) is 4.42. The Morgan fingerprint density at radius 3 is 2.96 bits per heavy atom. The first-order valence-electron chi connectivity index (χ1n) is 10.9. The summed E-state index contributed by atoms with van der Waals surface area (Å²) in [6.45, 7) is 0. The van der Waals surface area contributed by atoms with Gasteiger partial charge in [-0.2, -0.15) is 0 Å². The Morgan fingerprint density at radius 2 is 2.07 bits per heavy atom. The molecular weight excluding hydrogens is 372 g/mol. The van der Waals surface area contributed by atoms with E-state index in [-0.39, 0.29) is 23.9 Å². The number of thioether (sulfide) groups is 1. The number of hydrogen-bond acceptors (Lipinski definition) is 5. The van der Waals surface area contributed by atoms with E-state index in [2.05, 4.69) is 17.6 Å². The summed E-state index contributed by atoms with van der Waals surface area (Å²) in [5.41, 5.74) is 1.15. The molecule has 5 heteroatoms. The maximum absolute atomic E-state index is 12.0. The van der Waals surface area contributed by atoms with Crippen LogP contribution >= 0.6 is 11.8 Å². The minimum Gasteiger partial charge on any atom is -0.462 e. The van der Waals surface area contributed by atoms with Crippen LogP contribution in [0.5, 0.6) is 0 Å². The number of esters is 1. The molecule has 2 aliphatic heterocycles. The van der Waals surface area contributed by atoms with Gasteiger partial charge in [0.25, 0.3) is 0 Å². The Morgan fingerprint density at radius 1 is 1.21 bits per heavy atom. The van der Waals surface area contributed by atoms with Crippen LogP contribution in [0.3, 0.4) is 0 Å². The smallest absolute Gasteiger partial charge is 0.306 e. The number of ether oxygens (including phenoxy) is 1. The fourth-order valence-corrected chi connectivity index (χ4v) is 6.74. The van der Waals surface area contributed by atoms with Crippen LogP contribution < -0.4 is 0 Å². The summed E-state index contributed by atoms with van der Waals surface area (Å²) in [5, 5.41) is 24.2. The van der Waals surface area contributed by atoms with Crippen LogP contribution in [0.2, 0.25) is 0 Å². The number of aliphatic hydroxyl groups is 2. The summed E-state index contributed by atoms with van der Waals surface area (Å²) in [6, 6.07) is 0. The molecule has 2 heterocycles. The van der Waals surface area contributed by atoms with Gasteiger partial charge in [0, 0.05) is 29.9 Å². The molecule has 2 aliphatic carbocycles. The zero-order chi connectivity index (χ0) is 19.5. The molecule has 28 heavy (non-hydrogen) atoms. The highest BCUT2D eigenvalue weighted by atomic mass is 32.2. The summed E-state index contributed by atoms with van der Waals surface area (Å²) >= 11 is 1.88. The zero-order valence-electron chi connectivity index (χ0n) is 16.4. The van der Waals surface area contributed by atoms with Crippen LogP contribution in [0.15, 0.2) is 35.3 Å². The average Bonchev–Trinajstić information content (AvgIpc) is 3.24. The Hall–Kier alpha value is -1.04. The number of aliphatic hydroxyl groups excluding tert-OH is 2. The normalized spacial score (nSPS) is 41.1. The van der Waals surface area contributed by atoms with Gasteiger partial charge in [0.15, 0.2) is 0 Å². The Labute approximate surface area is 172 Å². The highest BCUT2D eigenvalue weighted by Gasteiger charge is 2.43. The molecule has 2 N–H and O–H groups in total. The number of carbonyl (C=O) groups is 1. The first kappa shape index (κ1) is 20.2. The lowest BCUT2D eigenvalue weighted by Crippen LogP contribution is -2.26. The summed E-state index contributed by atoms with van der Waals surface area (Å²) in [7, 11) is 0. The van der Waals surface area contributed by atoms with Crippen LogP contribution in [0.25, 0.3) is 0 Å². The predicted molar refractivity (Wildman–Crippen MR) is 112 cm³/mol. The molecule has 0 aromatic carbocycles. The van der Waals surface area contributed by atoms with E-state index in [0.717, 1.165) is 24.8 Å². The van der Waals surface area contributed by atoms with E-state index >= 15 is 0 Å². The van der Waals surface area contributed by atoms with Crippen molar-refractivity contribution < 1.29 is 19.7 Å². The van der Waals surface area contributed by atoms with Crippen molar-refractivity contribution in [2.75, 3.05) is 0 Å². The van der Waals surface area contributed by atoms with Crippen LogP contribution in [0.1, 0.15) is 57.8 Å². The predicted octanol–water partition coefficient (Wildman–Crippen LogP) is 4.13. The molecule has 2 fully saturated rings. The van der Waals surface area contributed by atoms with Gasteiger partial charge in [0.05, 0.1) is 12.2 Å². The lowest BCUT2D eigenvalue weighted by molar-refractivity contribution is -0.151. The molecule has 0 radical (unpaired) electrons. The van der Waals surface area contributed by atoms with Gasteiger partial charge in [-0.3, -0.25) is 4.79 Å². The van der Waals surface area contributed by atoms with Crippen molar-refractivity contribution in [1.29, 1.82) is 0 Å². The van der Waals surface area contributed by atoms with Crippen molar-refractivity contribution in [1.82, 2.24) is 0 Å².